The fraction of sp³-hybridized carbons (Fsp3) is 0.952. The van der Waals surface area contributed by atoms with E-state index in [1.807, 2.05) is 7.05 Å². The molecular formula is C21H43IN6O. The Kier molecular flexibility index (Phi) is 11.5. The molecule has 0 aromatic rings. The van der Waals surface area contributed by atoms with Crippen LogP contribution in [0, 0.1) is 0 Å². The highest BCUT2D eigenvalue weighted by Gasteiger charge is 2.38. The minimum absolute atomic E-state index is 0. The van der Waals surface area contributed by atoms with Crippen LogP contribution in [0.3, 0.4) is 0 Å². The zero-order valence-electron chi connectivity index (χ0n) is 18.6. The molecule has 0 unspecified atom stereocenters. The Morgan fingerprint density at radius 2 is 1.69 bits per heavy atom. The zero-order chi connectivity index (χ0) is 19.7. The number of morpholine rings is 1. The molecule has 0 aromatic carbocycles. The molecule has 2 saturated heterocycles. The van der Waals surface area contributed by atoms with Gasteiger partial charge in [0.1, 0.15) is 0 Å². The molecule has 2 heterocycles. The van der Waals surface area contributed by atoms with Crippen molar-refractivity contribution in [2.45, 2.75) is 44.1 Å². The van der Waals surface area contributed by atoms with Crippen molar-refractivity contribution >= 4 is 29.9 Å². The lowest BCUT2D eigenvalue weighted by molar-refractivity contribution is -0.0352. The van der Waals surface area contributed by atoms with Crippen molar-refractivity contribution in [2.75, 3.05) is 86.2 Å². The average Bonchev–Trinajstić information content (AvgIpc) is 2.96. The first-order valence-electron chi connectivity index (χ1n) is 11.4. The molecule has 3 fully saturated rings. The summed E-state index contributed by atoms with van der Waals surface area (Å²) in [7, 11) is 4.11. The van der Waals surface area contributed by atoms with E-state index in [4.69, 9.17) is 4.74 Å². The smallest absolute Gasteiger partial charge is 0.191 e. The van der Waals surface area contributed by atoms with Crippen LogP contribution >= 0.6 is 24.0 Å². The predicted octanol–water partition coefficient (Wildman–Crippen LogP) is 1.44. The van der Waals surface area contributed by atoms with Crippen molar-refractivity contribution in [1.82, 2.24) is 25.3 Å². The SMILES string of the molecule is CN=C(NCCN1CCCN(C)CC1)NCC1(N2CCOCC2)CCCCC1.I. The molecular weight excluding hydrogens is 479 g/mol. The summed E-state index contributed by atoms with van der Waals surface area (Å²) in [4.78, 5) is 12.2. The number of nitrogens with one attached hydrogen (secondary N) is 2. The summed E-state index contributed by atoms with van der Waals surface area (Å²) in [5, 5.41) is 7.21. The second kappa shape index (κ2) is 13.3. The van der Waals surface area contributed by atoms with Crippen LogP contribution in [0.4, 0.5) is 0 Å². The standard InChI is InChI=1S/C21H42N6O.HI/c1-22-20(23-9-12-26-11-6-10-25(2)13-14-26)24-19-21(7-4-3-5-8-21)27-15-17-28-18-16-27;/h3-19H2,1-2H3,(H2,22,23,24);1H. The molecule has 8 heteroatoms. The zero-order valence-corrected chi connectivity index (χ0v) is 21.0. The molecule has 3 aliphatic rings. The molecule has 2 aliphatic heterocycles. The number of ether oxygens (including phenoxy) is 1. The Morgan fingerprint density at radius 1 is 0.931 bits per heavy atom. The molecule has 2 N–H and O–H groups in total. The van der Waals surface area contributed by atoms with E-state index in [0.29, 0.717) is 0 Å². The van der Waals surface area contributed by atoms with Crippen molar-refractivity contribution < 1.29 is 4.74 Å². The Balaban J connectivity index is 0.00000300. The van der Waals surface area contributed by atoms with Crippen molar-refractivity contribution in [2.24, 2.45) is 4.99 Å². The minimum atomic E-state index is 0. The van der Waals surface area contributed by atoms with E-state index in [0.717, 1.165) is 51.9 Å². The molecule has 0 radical (unpaired) electrons. The molecule has 0 bridgehead atoms. The normalized spacial score (nSPS) is 25.1. The molecule has 0 spiro atoms. The summed E-state index contributed by atoms with van der Waals surface area (Å²) in [6.45, 7) is 11.7. The number of hydrogen-bond acceptors (Lipinski definition) is 5. The van der Waals surface area contributed by atoms with Gasteiger partial charge in [0.2, 0.25) is 0 Å². The lowest BCUT2D eigenvalue weighted by Crippen LogP contribution is -2.60. The summed E-state index contributed by atoms with van der Waals surface area (Å²) >= 11 is 0. The Bertz CT molecular complexity index is 480. The van der Waals surface area contributed by atoms with Gasteiger partial charge in [-0.25, -0.2) is 0 Å². The second-order valence-corrected chi connectivity index (χ2v) is 8.74. The second-order valence-electron chi connectivity index (χ2n) is 8.74. The van der Waals surface area contributed by atoms with Gasteiger partial charge in [0.05, 0.1) is 13.2 Å². The largest absolute Gasteiger partial charge is 0.379 e. The van der Waals surface area contributed by atoms with E-state index >= 15 is 0 Å². The number of aliphatic imine (C=N–C) groups is 1. The Hall–Kier alpha value is -0.160. The molecule has 29 heavy (non-hydrogen) atoms. The van der Waals surface area contributed by atoms with Crippen molar-refractivity contribution in [3.8, 4) is 0 Å². The van der Waals surface area contributed by atoms with E-state index in [2.05, 4.69) is 37.4 Å². The van der Waals surface area contributed by atoms with Crippen LogP contribution < -0.4 is 10.6 Å². The predicted molar refractivity (Wildman–Crippen MR) is 132 cm³/mol. The average molecular weight is 523 g/mol. The Morgan fingerprint density at radius 3 is 2.41 bits per heavy atom. The first-order chi connectivity index (χ1) is 13.7. The fourth-order valence-corrected chi connectivity index (χ4v) is 4.98. The van der Waals surface area contributed by atoms with Crippen LogP contribution in [0.2, 0.25) is 0 Å². The first kappa shape index (κ1) is 25.1. The molecule has 0 amide bonds. The topological polar surface area (TPSA) is 55.4 Å². The highest BCUT2D eigenvalue weighted by atomic mass is 127. The van der Waals surface area contributed by atoms with Crippen LogP contribution in [-0.2, 0) is 4.74 Å². The van der Waals surface area contributed by atoms with Gasteiger partial charge in [-0.05, 0) is 39.4 Å². The van der Waals surface area contributed by atoms with E-state index in [1.165, 1.54) is 64.7 Å². The van der Waals surface area contributed by atoms with Gasteiger partial charge in [-0.3, -0.25) is 9.89 Å². The van der Waals surface area contributed by atoms with Gasteiger partial charge >= 0.3 is 0 Å². The third kappa shape index (κ3) is 7.79. The lowest BCUT2D eigenvalue weighted by atomic mass is 9.80. The highest BCUT2D eigenvalue weighted by Crippen LogP contribution is 2.33. The number of rotatable bonds is 6. The molecule has 3 rings (SSSR count). The number of guanidine groups is 1. The van der Waals surface area contributed by atoms with Gasteiger partial charge in [-0.15, -0.1) is 24.0 Å². The van der Waals surface area contributed by atoms with Crippen LogP contribution in [0.5, 0.6) is 0 Å². The van der Waals surface area contributed by atoms with E-state index < -0.39 is 0 Å². The van der Waals surface area contributed by atoms with Crippen LogP contribution in [0.1, 0.15) is 38.5 Å². The van der Waals surface area contributed by atoms with Gasteiger partial charge in [-0.1, -0.05) is 19.3 Å². The first-order valence-corrected chi connectivity index (χ1v) is 11.4. The van der Waals surface area contributed by atoms with Crippen LogP contribution in [0.15, 0.2) is 4.99 Å². The van der Waals surface area contributed by atoms with E-state index in [9.17, 15) is 0 Å². The van der Waals surface area contributed by atoms with Crippen molar-refractivity contribution in [1.29, 1.82) is 0 Å². The van der Waals surface area contributed by atoms with E-state index in [1.54, 1.807) is 0 Å². The Labute approximate surface area is 195 Å². The summed E-state index contributed by atoms with van der Waals surface area (Å²) in [6.07, 6.45) is 7.91. The molecule has 1 aliphatic carbocycles. The van der Waals surface area contributed by atoms with Crippen LogP contribution in [0.25, 0.3) is 0 Å². The van der Waals surface area contributed by atoms with Gasteiger partial charge in [-0.2, -0.15) is 0 Å². The fourth-order valence-electron chi connectivity index (χ4n) is 4.98. The molecule has 170 valence electrons. The summed E-state index contributed by atoms with van der Waals surface area (Å²) in [6, 6.07) is 0. The summed E-state index contributed by atoms with van der Waals surface area (Å²) < 4.78 is 5.60. The third-order valence-corrected chi connectivity index (χ3v) is 6.81. The minimum Gasteiger partial charge on any atom is -0.379 e. The molecule has 0 atom stereocenters. The van der Waals surface area contributed by atoms with Crippen molar-refractivity contribution in [3.63, 3.8) is 0 Å². The lowest BCUT2D eigenvalue weighted by Gasteiger charge is -2.48. The maximum Gasteiger partial charge on any atom is 0.191 e. The summed E-state index contributed by atoms with van der Waals surface area (Å²) in [5.41, 5.74) is 0.273. The maximum atomic E-state index is 5.60. The molecule has 7 nitrogen and oxygen atoms in total. The van der Waals surface area contributed by atoms with Gasteiger partial charge in [0, 0.05) is 58.4 Å². The quantitative estimate of drug-likeness (QED) is 0.313. The maximum absolute atomic E-state index is 5.60. The summed E-state index contributed by atoms with van der Waals surface area (Å²) in [5.74, 6) is 0.949. The van der Waals surface area contributed by atoms with Gasteiger partial charge in [0.15, 0.2) is 5.96 Å². The number of hydrogen-bond donors (Lipinski definition) is 2. The van der Waals surface area contributed by atoms with Gasteiger partial charge < -0.3 is 25.2 Å². The van der Waals surface area contributed by atoms with E-state index in [-0.39, 0.29) is 29.5 Å². The monoisotopic (exact) mass is 522 g/mol. The number of nitrogens with zero attached hydrogens (tertiary/aromatic N) is 4. The number of halogens is 1. The molecule has 1 saturated carbocycles. The molecule has 0 aromatic heterocycles. The highest BCUT2D eigenvalue weighted by molar-refractivity contribution is 14.0. The van der Waals surface area contributed by atoms with Gasteiger partial charge in [0.25, 0.3) is 0 Å². The van der Waals surface area contributed by atoms with Crippen LogP contribution in [-0.4, -0.2) is 112 Å². The third-order valence-electron chi connectivity index (χ3n) is 6.81. The van der Waals surface area contributed by atoms with Crippen molar-refractivity contribution in [3.05, 3.63) is 0 Å². The number of likely N-dealkylation sites (N-methyl/N-ethyl adjacent to an activating group) is 1.